The lowest BCUT2D eigenvalue weighted by molar-refractivity contribution is 0.479. The topological polar surface area (TPSA) is 54.4 Å². The van der Waals surface area contributed by atoms with E-state index in [2.05, 4.69) is 6.92 Å². The van der Waals surface area contributed by atoms with E-state index in [-0.39, 0.29) is 10.8 Å². The van der Waals surface area contributed by atoms with Crippen molar-refractivity contribution in [3.8, 4) is 0 Å². The van der Waals surface area contributed by atoms with Gasteiger partial charge in [0.25, 0.3) is 10.1 Å². The molecule has 0 saturated heterocycles. The van der Waals surface area contributed by atoms with Gasteiger partial charge in [0.05, 0.1) is 4.90 Å². The summed E-state index contributed by atoms with van der Waals surface area (Å²) in [5, 5.41) is 0. The molecule has 1 rings (SSSR count). The molecule has 1 unspecified atom stereocenters. The van der Waals surface area contributed by atoms with Crippen molar-refractivity contribution in [1.29, 1.82) is 0 Å². The number of unbranched alkanes of at least 4 members (excludes halogenated alkanes) is 14. The van der Waals surface area contributed by atoms with Gasteiger partial charge in [0, 0.05) is 0 Å². The van der Waals surface area contributed by atoms with Crippen LogP contribution in [0.1, 0.15) is 128 Å². The first-order chi connectivity index (χ1) is 14.0. The predicted octanol–water partition coefficient (Wildman–Crippen LogP) is 8.30. The molecule has 0 heterocycles. The van der Waals surface area contributed by atoms with Gasteiger partial charge in [-0.15, -0.1) is 0 Å². The molecule has 0 spiro atoms. The Balaban J connectivity index is 2.00. The van der Waals surface area contributed by atoms with Crippen LogP contribution in [0.3, 0.4) is 0 Å². The highest BCUT2D eigenvalue weighted by molar-refractivity contribution is 7.85. The number of rotatable bonds is 18. The summed E-state index contributed by atoms with van der Waals surface area (Å²) in [4.78, 5) is 0.0634. The highest BCUT2D eigenvalue weighted by Gasteiger charge is 2.18. The first kappa shape index (κ1) is 26.2. The minimum Gasteiger partial charge on any atom is -0.282 e. The summed E-state index contributed by atoms with van der Waals surface area (Å²) in [5.74, 6) is 0.148. The van der Waals surface area contributed by atoms with Crippen LogP contribution in [0.25, 0.3) is 0 Å². The third-order valence-electron chi connectivity index (χ3n) is 5.97. The molecule has 0 amide bonds. The van der Waals surface area contributed by atoms with E-state index in [1.54, 1.807) is 6.07 Å². The number of hydrogen-bond donors (Lipinski definition) is 1. The molecule has 1 aromatic carbocycles. The molecule has 29 heavy (non-hydrogen) atoms. The van der Waals surface area contributed by atoms with Crippen molar-refractivity contribution in [2.75, 3.05) is 0 Å². The SMILES string of the molecule is CCCCCCCCCCCCCCCCCC(C)c1ccccc1S(=O)(=O)O. The summed E-state index contributed by atoms with van der Waals surface area (Å²) in [6.45, 7) is 4.32. The maximum Gasteiger partial charge on any atom is 0.294 e. The van der Waals surface area contributed by atoms with Gasteiger partial charge in [-0.05, 0) is 24.0 Å². The van der Waals surface area contributed by atoms with Crippen molar-refractivity contribution >= 4 is 10.1 Å². The second-order valence-corrected chi connectivity index (χ2v) is 10.0. The van der Waals surface area contributed by atoms with Crippen LogP contribution in [0.15, 0.2) is 29.2 Å². The normalized spacial score (nSPS) is 12.9. The van der Waals surface area contributed by atoms with E-state index in [4.69, 9.17) is 0 Å². The maximum atomic E-state index is 11.5. The van der Waals surface area contributed by atoms with Crippen LogP contribution >= 0.6 is 0 Å². The zero-order chi connectivity index (χ0) is 21.4. The lowest BCUT2D eigenvalue weighted by Gasteiger charge is -2.14. The van der Waals surface area contributed by atoms with Crippen LogP contribution in [0.2, 0.25) is 0 Å². The molecule has 0 aliphatic rings. The lowest BCUT2D eigenvalue weighted by Crippen LogP contribution is -2.05. The average Bonchev–Trinajstić information content (AvgIpc) is 2.70. The largest absolute Gasteiger partial charge is 0.294 e. The second kappa shape index (κ2) is 15.9. The second-order valence-electron chi connectivity index (χ2n) is 8.65. The van der Waals surface area contributed by atoms with Crippen molar-refractivity contribution < 1.29 is 13.0 Å². The zero-order valence-corrected chi connectivity index (χ0v) is 19.7. The molecule has 0 aromatic heterocycles. The summed E-state index contributed by atoms with van der Waals surface area (Å²) in [5.41, 5.74) is 0.736. The molecule has 3 nitrogen and oxygen atoms in total. The first-order valence-corrected chi connectivity index (χ1v) is 13.5. The molecule has 4 heteroatoms. The maximum absolute atomic E-state index is 11.5. The van der Waals surface area contributed by atoms with Crippen molar-refractivity contribution in [2.45, 2.75) is 127 Å². The summed E-state index contributed by atoms with van der Waals surface area (Å²) >= 11 is 0. The van der Waals surface area contributed by atoms with E-state index in [1.165, 1.54) is 96.0 Å². The fourth-order valence-corrected chi connectivity index (χ4v) is 4.92. The minimum absolute atomic E-state index is 0.0634. The molecule has 0 aliphatic heterocycles. The average molecular weight is 425 g/mol. The predicted molar refractivity (Wildman–Crippen MR) is 124 cm³/mol. The zero-order valence-electron chi connectivity index (χ0n) is 18.9. The minimum atomic E-state index is -4.14. The fraction of sp³-hybridized carbons (Fsp3) is 0.760. The van der Waals surface area contributed by atoms with Crippen molar-refractivity contribution in [2.24, 2.45) is 0 Å². The third-order valence-corrected chi connectivity index (χ3v) is 6.90. The quantitative estimate of drug-likeness (QED) is 0.190. The van der Waals surface area contributed by atoms with Gasteiger partial charge in [0.15, 0.2) is 0 Å². The van der Waals surface area contributed by atoms with Gasteiger partial charge in [-0.3, -0.25) is 4.55 Å². The molecular weight excluding hydrogens is 380 g/mol. The Kier molecular flexibility index (Phi) is 14.3. The molecule has 1 atom stereocenters. The Labute approximate surface area is 180 Å². The van der Waals surface area contributed by atoms with E-state index in [1.807, 2.05) is 19.1 Å². The Morgan fingerprint density at radius 2 is 1.14 bits per heavy atom. The summed E-state index contributed by atoms with van der Waals surface area (Å²) in [6.07, 6.45) is 21.2. The van der Waals surface area contributed by atoms with E-state index in [9.17, 15) is 13.0 Å². The third kappa shape index (κ3) is 12.4. The van der Waals surface area contributed by atoms with Gasteiger partial charge in [0.1, 0.15) is 0 Å². The summed E-state index contributed by atoms with van der Waals surface area (Å²) in [6, 6.07) is 6.81. The van der Waals surface area contributed by atoms with E-state index in [0.29, 0.717) is 0 Å². The lowest BCUT2D eigenvalue weighted by atomic mass is 9.94. The van der Waals surface area contributed by atoms with Crippen LogP contribution in [-0.2, 0) is 10.1 Å². The van der Waals surface area contributed by atoms with Gasteiger partial charge < -0.3 is 0 Å². The number of hydrogen-bond acceptors (Lipinski definition) is 2. The standard InChI is InChI=1S/C25H44O3S/c1-3-4-5-6-7-8-9-10-11-12-13-14-15-16-17-20-23(2)24-21-18-19-22-25(24)29(26,27)28/h18-19,21-23H,3-17,20H2,1-2H3,(H,26,27,28). The molecule has 0 fully saturated rings. The van der Waals surface area contributed by atoms with Crippen LogP contribution in [0, 0.1) is 0 Å². The summed E-state index contributed by atoms with van der Waals surface area (Å²) in [7, 11) is -4.14. The molecule has 168 valence electrons. The van der Waals surface area contributed by atoms with Gasteiger partial charge in [0.2, 0.25) is 0 Å². The molecule has 0 saturated carbocycles. The molecule has 0 bridgehead atoms. The Morgan fingerprint density at radius 1 is 0.724 bits per heavy atom. The van der Waals surface area contributed by atoms with E-state index in [0.717, 1.165) is 18.4 Å². The van der Waals surface area contributed by atoms with Crippen LogP contribution in [0.5, 0.6) is 0 Å². The molecular formula is C25H44O3S. The highest BCUT2D eigenvalue weighted by atomic mass is 32.2. The van der Waals surface area contributed by atoms with Gasteiger partial charge in [-0.25, -0.2) is 0 Å². The van der Waals surface area contributed by atoms with E-state index >= 15 is 0 Å². The fourth-order valence-electron chi connectivity index (χ4n) is 4.10. The monoisotopic (exact) mass is 424 g/mol. The Hall–Kier alpha value is -0.870. The summed E-state index contributed by atoms with van der Waals surface area (Å²) < 4.78 is 32.4. The van der Waals surface area contributed by atoms with E-state index < -0.39 is 10.1 Å². The van der Waals surface area contributed by atoms with Crippen LogP contribution < -0.4 is 0 Å². The first-order valence-electron chi connectivity index (χ1n) is 12.0. The molecule has 0 aliphatic carbocycles. The Bertz CT molecular complexity index is 625. The van der Waals surface area contributed by atoms with Crippen LogP contribution in [-0.4, -0.2) is 13.0 Å². The van der Waals surface area contributed by atoms with Gasteiger partial charge in [-0.2, -0.15) is 8.42 Å². The van der Waals surface area contributed by atoms with Crippen LogP contribution in [0.4, 0.5) is 0 Å². The van der Waals surface area contributed by atoms with Crippen molar-refractivity contribution in [3.05, 3.63) is 29.8 Å². The van der Waals surface area contributed by atoms with Gasteiger partial charge in [-0.1, -0.05) is 128 Å². The molecule has 0 radical (unpaired) electrons. The van der Waals surface area contributed by atoms with Crippen molar-refractivity contribution in [1.82, 2.24) is 0 Å². The van der Waals surface area contributed by atoms with Gasteiger partial charge >= 0.3 is 0 Å². The Morgan fingerprint density at radius 3 is 1.59 bits per heavy atom. The van der Waals surface area contributed by atoms with Crippen molar-refractivity contribution in [3.63, 3.8) is 0 Å². The molecule has 1 aromatic rings. The smallest absolute Gasteiger partial charge is 0.282 e. The number of benzene rings is 1. The molecule has 1 N–H and O–H groups in total. The highest BCUT2D eigenvalue weighted by Crippen LogP contribution is 2.28.